The number of hydrogen-bond donors (Lipinski definition) is 1. The van der Waals surface area contributed by atoms with Crippen LogP contribution < -0.4 is 5.32 Å². The summed E-state index contributed by atoms with van der Waals surface area (Å²) in [6.07, 6.45) is 1.76. The maximum Gasteiger partial charge on any atom is 0.235 e. The van der Waals surface area contributed by atoms with E-state index in [9.17, 15) is 4.79 Å². The topological polar surface area (TPSA) is 68.0 Å². The SMILES string of the molecule is Cc1nnc(CNC(=O)C2(c3ccc(Br)cc3)CC2)o1. The van der Waals surface area contributed by atoms with Crippen LogP contribution >= 0.6 is 15.9 Å². The van der Waals surface area contributed by atoms with Gasteiger partial charge in [-0.2, -0.15) is 0 Å². The third-order valence-electron chi connectivity index (χ3n) is 3.55. The summed E-state index contributed by atoms with van der Waals surface area (Å²) in [5.41, 5.74) is 0.676. The predicted octanol–water partition coefficient (Wildman–Crippen LogP) is 2.49. The number of amides is 1. The lowest BCUT2D eigenvalue weighted by Gasteiger charge is -2.15. The van der Waals surface area contributed by atoms with E-state index in [1.165, 1.54) is 0 Å². The van der Waals surface area contributed by atoms with E-state index in [0.717, 1.165) is 22.9 Å². The third-order valence-corrected chi connectivity index (χ3v) is 4.08. The summed E-state index contributed by atoms with van der Waals surface area (Å²) >= 11 is 3.41. The van der Waals surface area contributed by atoms with E-state index in [0.29, 0.717) is 11.8 Å². The molecule has 5 nitrogen and oxygen atoms in total. The molecule has 1 fully saturated rings. The fourth-order valence-corrected chi connectivity index (χ4v) is 2.54. The number of nitrogens with one attached hydrogen (secondary N) is 1. The molecule has 0 atom stereocenters. The first-order valence-electron chi connectivity index (χ1n) is 6.43. The summed E-state index contributed by atoms with van der Waals surface area (Å²) in [6.45, 7) is 2.00. The van der Waals surface area contributed by atoms with Crippen LogP contribution in [0.3, 0.4) is 0 Å². The summed E-state index contributed by atoms with van der Waals surface area (Å²) in [4.78, 5) is 12.4. The van der Waals surface area contributed by atoms with Crippen LogP contribution in [0.2, 0.25) is 0 Å². The first kappa shape index (κ1) is 13.3. The van der Waals surface area contributed by atoms with Crippen molar-refractivity contribution in [2.24, 2.45) is 0 Å². The molecule has 104 valence electrons. The van der Waals surface area contributed by atoms with E-state index < -0.39 is 0 Å². The highest BCUT2D eigenvalue weighted by atomic mass is 79.9. The summed E-state index contributed by atoms with van der Waals surface area (Å²) in [6, 6.07) is 7.91. The van der Waals surface area contributed by atoms with Gasteiger partial charge in [-0.25, -0.2) is 0 Å². The van der Waals surface area contributed by atoms with Gasteiger partial charge in [-0.3, -0.25) is 4.79 Å². The fourth-order valence-electron chi connectivity index (χ4n) is 2.27. The fraction of sp³-hybridized carbons (Fsp3) is 0.357. The Bertz CT molecular complexity index is 632. The second kappa shape index (κ2) is 5.01. The Balaban J connectivity index is 1.68. The van der Waals surface area contributed by atoms with Crippen LogP contribution in [0.1, 0.15) is 30.2 Å². The minimum absolute atomic E-state index is 0.0238. The standard InChI is InChI=1S/C14H14BrN3O2/c1-9-17-18-12(20-9)8-16-13(19)14(6-7-14)10-2-4-11(15)5-3-10/h2-5H,6-8H2,1H3,(H,16,19). The number of hydrogen-bond acceptors (Lipinski definition) is 4. The highest BCUT2D eigenvalue weighted by molar-refractivity contribution is 9.10. The summed E-state index contributed by atoms with van der Waals surface area (Å²) < 4.78 is 6.26. The van der Waals surface area contributed by atoms with Crippen molar-refractivity contribution in [3.8, 4) is 0 Å². The van der Waals surface area contributed by atoms with Gasteiger partial charge in [0.1, 0.15) is 0 Å². The first-order valence-corrected chi connectivity index (χ1v) is 7.23. The molecule has 0 unspecified atom stereocenters. The molecule has 2 aromatic rings. The van der Waals surface area contributed by atoms with Gasteiger partial charge in [0.25, 0.3) is 0 Å². The Labute approximate surface area is 124 Å². The van der Waals surface area contributed by atoms with Gasteiger partial charge in [-0.15, -0.1) is 10.2 Å². The number of benzene rings is 1. The first-order chi connectivity index (χ1) is 9.60. The number of aryl methyl sites for hydroxylation is 1. The lowest BCUT2D eigenvalue weighted by atomic mass is 9.95. The van der Waals surface area contributed by atoms with Crippen LogP contribution in [0, 0.1) is 6.92 Å². The van der Waals surface area contributed by atoms with Gasteiger partial charge >= 0.3 is 0 Å². The lowest BCUT2D eigenvalue weighted by Crippen LogP contribution is -2.34. The lowest BCUT2D eigenvalue weighted by molar-refractivity contribution is -0.123. The third kappa shape index (κ3) is 2.47. The molecule has 0 aliphatic heterocycles. The van der Waals surface area contributed by atoms with Crippen molar-refractivity contribution in [2.45, 2.75) is 31.7 Å². The number of carbonyl (C=O) groups is 1. The van der Waals surface area contributed by atoms with Crippen molar-refractivity contribution in [2.75, 3.05) is 0 Å². The molecule has 0 radical (unpaired) electrons. The van der Waals surface area contributed by atoms with E-state index in [2.05, 4.69) is 31.4 Å². The van der Waals surface area contributed by atoms with Crippen molar-refractivity contribution in [3.63, 3.8) is 0 Å². The number of aromatic nitrogens is 2. The molecule has 6 heteroatoms. The molecule has 1 N–H and O–H groups in total. The van der Waals surface area contributed by atoms with Gasteiger partial charge in [-0.05, 0) is 30.5 Å². The zero-order valence-corrected chi connectivity index (χ0v) is 12.6. The molecule has 0 spiro atoms. The Morgan fingerprint density at radius 3 is 2.60 bits per heavy atom. The molecule has 0 bridgehead atoms. The minimum atomic E-state index is -0.379. The van der Waals surface area contributed by atoms with Crippen molar-refractivity contribution in [3.05, 3.63) is 46.1 Å². The summed E-state index contributed by atoms with van der Waals surface area (Å²) in [5.74, 6) is 0.960. The Morgan fingerprint density at radius 2 is 2.05 bits per heavy atom. The van der Waals surface area contributed by atoms with Crippen molar-refractivity contribution < 1.29 is 9.21 Å². The van der Waals surface area contributed by atoms with Crippen LogP contribution in [0.15, 0.2) is 33.2 Å². The Morgan fingerprint density at radius 1 is 1.35 bits per heavy atom. The van der Waals surface area contributed by atoms with E-state index in [1.807, 2.05) is 24.3 Å². The molecular weight excluding hydrogens is 322 g/mol. The van der Waals surface area contributed by atoms with Crippen LogP contribution in [-0.4, -0.2) is 16.1 Å². The molecule has 3 rings (SSSR count). The number of rotatable bonds is 4. The quantitative estimate of drug-likeness (QED) is 0.931. The van der Waals surface area contributed by atoms with Crippen LogP contribution in [0.5, 0.6) is 0 Å². The van der Waals surface area contributed by atoms with Crippen LogP contribution in [-0.2, 0) is 16.8 Å². The Hall–Kier alpha value is -1.69. The second-order valence-electron chi connectivity index (χ2n) is 4.99. The highest BCUT2D eigenvalue weighted by Gasteiger charge is 2.51. The predicted molar refractivity (Wildman–Crippen MR) is 75.9 cm³/mol. The van der Waals surface area contributed by atoms with Crippen LogP contribution in [0.25, 0.3) is 0 Å². The molecule has 0 saturated heterocycles. The van der Waals surface area contributed by atoms with Gasteiger partial charge < -0.3 is 9.73 Å². The minimum Gasteiger partial charge on any atom is -0.424 e. The summed E-state index contributed by atoms with van der Waals surface area (Å²) in [5, 5.41) is 10.5. The smallest absolute Gasteiger partial charge is 0.235 e. The number of carbonyl (C=O) groups excluding carboxylic acids is 1. The van der Waals surface area contributed by atoms with Gasteiger partial charge in [0, 0.05) is 11.4 Å². The molecule has 1 heterocycles. The van der Waals surface area contributed by atoms with Crippen LogP contribution in [0.4, 0.5) is 0 Å². The van der Waals surface area contributed by atoms with Crippen molar-refractivity contribution in [1.29, 1.82) is 0 Å². The molecule has 1 aromatic carbocycles. The molecule has 1 saturated carbocycles. The maximum absolute atomic E-state index is 12.4. The molecule has 1 amide bonds. The summed E-state index contributed by atoms with van der Waals surface area (Å²) in [7, 11) is 0. The van der Waals surface area contributed by atoms with E-state index in [1.54, 1.807) is 6.92 Å². The average molecular weight is 336 g/mol. The van der Waals surface area contributed by atoms with E-state index >= 15 is 0 Å². The average Bonchev–Trinajstić information content (AvgIpc) is 3.15. The molecule has 1 aliphatic rings. The van der Waals surface area contributed by atoms with E-state index in [4.69, 9.17) is 4.42 Å². The Kier molecular flexibility index (Phi) is 3.33. The van der Waals surface area contributed by atoms with Gasteiger partial charge in [0.2, 0.25) is 17.7 Å². The van der Waals surface area contributed by atoms with Crippen molar-refractivity contribution >= 4 is 21.8 Å². The molecule has 20 heavy (non-hydrogen) atoms. The van der Waals surface area contributed by atoms with Gasteiger partial charge in [0.15, 0.2) is 0 Å². The number of halogens is 1. The zero-order chi connectivity index (χ0) is 14.2. The molecular formula is C14H14BrN3O2. The highest BCUT2D eigenvalue weighted by Crippen LogP contribution is 2.48. The maximum atomic E-state index is 12.4. The van der Waals surface area contributed by atoms with E-state index in [-0.39, 0.29) is 17.9 Å². The van der Waals surface area contributed by atoms with Crippen molar-refractivity contribution in [1.82, 2.24) is 15.5 Å². The zero-order valence-electron chi connectivity index (χ0n) is 11.0. The largest absolute Gasteiger partial charge is 0.424 e. The molecule has 1 aliphatic carbocycles. The van der Waals surface area contributed by atoms with Gasteiger partial charge in [0.05, 0.1) is 12.0 Å². The molecule has 1 aromatic heterocycles. The second-order valence-corrected chi connectivity index (χ2v) is 5.90. The monoisotopic (exact) mass is 335 g/mol. The van der Waals surface area contributed by atoms with Gasteiger partial charge in [-0.1, -0.05) is 28.1 Å². The normalized spacial score (nSPS) is 15.9. The number of nitrogens with zero attached hydrogens (tertiary/aromatic N) is 2.